The Balaban J connectivity index is 1.60. The van der Waals surface area contributed by atoms with E-state index in [0.29, 0.717) is 5.56 Å². The van der Waals surface area contributed by atoms with Gasteiger partial charge in [0.15, 0.2) is 0 Å². The Hall–Kier alpha value is -2.95. The van der Waals surface area contributed by atoms with E-state index in [-0.39, 0.29) is 11.9 Å². The molecule has 1 amide bonds. The van der Waals surface area contributed by atoms with Gasteiger partial charge in [-0.05, 0) is 43.0 Å². The van der Waals surface area contributed by atoms with E-state index in [0.717, 1.165) is 37.1 Å². The lowest BCUT2D eigenvalue weighted by molar-refractivity contribution is 0.0611. The second-order valence-corrected chi connectivity index (χ2v) is 6.31. The monoisotopic (exact) mass is 332 g/mol. The second kappa shape index (κ2) is 6.89. The average molecular weight is 332 g/mol. The van der Waals surface area contributed by atoms with Crippen molar-refractivity contribution in [1.82, 2.24) is 19.7 Å². The number of hydrogen-bond acceptors (Lipinski definition) is 3. The third kappa shape index (κ3) is 3.18. The first-order valence-electron chi connectivity index (χ1n) is 8.64. The summed E-state index contributed by atoms with van der Waals surface area (Å²) in [4.78, 5) is 19.3. The number of likely N-dealkylation sites (tertiary alicyclic amines) is 1. The van der Waals surface area contributed by atoms with Gasteiger partial charge in [0.1, 0.15) is 0 Å². The van der Waals surface area contributed by atoms with Crippen molar-refractivity contribution in [3.8, 4) is 5.69 Å². The standard InChI is InChI=1S/C20H20N4O/c25-20(17-14-22-24(15-17)18-8-2-1-3-9-18)23-12-5-4-10-19(23)16-7-6-11-21-13-16/h1-3,6-9,11,13-15,19H,4-5,10,12H2/t19-/m0/s1. The molecular weight excluding hydrogens is 312 g/mol. The van der Waals surface area contributed by atoms with Crippen molar-refractivity contribution in [3.05, 3.63) is 78.4 Å². The molecule has 1 aliphatic rings. The quantitative estimate of drug-likeness (QED) is 0.736. The number of rotatable bonds is 3. The summed E-state index contributed by atoms with van der Waals surface area (Å²) in [7, 11) is 0. The molecule has 0 bridgehead atoms. The summed E-state index contributed by atoms with van der Waals surface area (Å²) in [6, 6.07) is 13.9. The summed E-state index contributed by atoms with van der Waals surface area (Å²) < 4.78 is 1.75. The number of aromatic nitrogens is 3. The molecule has 2 aromatic heterocycles. The van der Waals surface area contributed by atoms with Crippen molar-refractivity contribution >= 4 is 5.91 Å². The molecule has 4 rings (SSSR count). The first kappa shape index (κ1) is 15.6. The lowest BCUT2D eigenvalue weighted by atomic mass is 9.96. The topological polar surface area (TPSA) is 51.0 Å². The smallest absolute Gasteiger partial charge is 0.257 e. The predicted molar refractivity (Wildman–Crippen MR) is 95.4 cm³/mol. The van der Waals surface area contributed by atoms with Crippen LogP contribution in [0.4, 0.5) is 0 Å². The van der Waals surface area contributed by atoms with Crippen LogP contribution in [0.15, 0.2) is 67.3 Å². The molecule has 1 atom stereocenters. The van der Waals surface area contributed by atoms with Crippen molar-refractivity contribution in [2.24, 2.45) is 0 Å². The van der Waals surface area contributed by atoms with E-state index >= 15 is 0 Å². The molecule has 0 radical (unpaired) electrons. The van der Waals surface area contributed by atoms with Gasteiger partial charge in [-0.2, -0.15) is 5.10 Å². The summed E-state index contributed by atoms with van der Waals surface area (Å²) in [6.45, 7) is 0.773. The summed E-state index contributed by atoms with van der Waals surface area (Å²) >= 11 is 0. The number of nitrogens with zero attached hydrogens (tertiary/aromatic N) is 4. The minimum absolute atomic E-state index is 0.0377. The van der Waals surface area contributed by atoms with Crippen LogP contribution >= 0.6 is 0 Å². The van der Waals surface area contributed by atoms with Gasteiger partial charge in [0.05, 0.1) is 23.5 Å². The molecule has 0 spiro atoms. The molecule has 1 saturated heterocycles. The molecule has 0 saturated carbocycles. The van der Waals surface area contributed by atoms with Gasteiger partial charge < -0.3 is 4.90 Å². The minimum Gasteiger partial charge on any atom is -0.331 e. The number of benzene rings is 1. The van der Waals surface area contributed by atoms with Gasteiger partial charge >= 0.3 is 0 Å². The Kier molecular flexibility index (Phi) is 4.29. The minimum atomic E-state index is 0.0377. The molecule has 1 aromatic carbocycles. The molecular formula is C20H20N4O. The van der Waals surface area contributed by atoms with Gasteiger partial charge in [-0.3, -0.25) is 9.78 Å². The highest BCUT2D eigenvalue weighted by atomic mass is 16.2. The Morgan fingerprint density at radius 1 is 1.04 bits per heavy atom. The van der Waals surface area contributed by atoms with Crippen LogP contribution in [0.2, 0.25) is 0 Å². The van der Waals surface area contributed by atoms with Crippen LogP contribution in [0.25, 0.3) is 5.69 Å². The molecule has 0 aliphatic carbocycles. The van der Waals surface area contributed by atoms with E-state index in [1.54, 1.807) is 17.1 Å². The van der Waals surface area contributed by atoms with Crippen LogP contribution < -0.4 is 0 Å². The molecule has 1 fully saturated rings. The number of para-hydroxylation sites is 1. The van der Waals surface area contributed by atoms with Crippen LogP contribution in [-0.4, -0.2) is 32.1 Å². The van der Waals surface area contributed by atoms with Crippen LogP contribution in [-0.2, 0) is 0 Å². The van der Waals surface area contributed by atoms with Crippen LogP contribution in [0.3, 0.4) is 0 Å². The molecule has 3 heterocycles. The number of piperidine rings is 1. The summed E-state index contributed by atoms with van der Waals surface area (Å²) in [6.07, 6.45) is 10.2. The van der Waals surface area contributed by atoms with Crippen LogP contribution in [0.5, 0.6) is 0 Å². The highest BCUT2D eigenvalue weighted by Gasteiger charge is 2.29. The summed E-state index contributed by atoms with van der Waals surface area (Å²) in [5.74, 6) is 0.0377. The number of carbonyl (C=O) groups is 1. The number of pyridine rings is 1. The van der Waals surface area contributed by atoms with Gasteiger partial charge in [0.2, 0.25) is 0 Å². The van der Waals surface area contributed by atoms with Gasteiger partial charge in [-0.15, -0.1) is 0 Å². The molecule has 0 N–H and O–H groups in total. The highest BCUT2D eigenvalue weighted by molar-refractivity contribution is 5.94. The lowest BCUT2D eigenvalue weighted by Gasteiger charge is -2.35. The van der Waals surface area contributed by atoms with Gasteiger partial charge in [-0.25, -0.2) is 4.68 Å². The second-order valence-electron chi connectivity index (χ2n) is 6.31. The maximum Gasteiger partial charge on any atom is 0.257 e. The number of hydrogen-bond donors (Lipinski definition) is 0. The maximum absolute atomic E-state index is 13.1. The zero-order valence-electron chi connectivity index (χ0n) is 14.0. The Morgan fingerprint density at radius 2 is 1.92 bits per heavy atom. The van der Waals surface area contributed by atoms with Gasteiger partial charge in [0.25, 0.3) is 5.91 Å². The molecule has 3 aromatic rings. The fraction of sp³-hybridized carbons (Fsp3) is 0.250. The van der Waals surface area contributed by atoms with E-state index in [1.807, 2.05) is 53.7 Å². The molecule has 0 unspecified atom stereocenters. The fourth-order valence-corrected chi connectivity index (χ4v) is 3.42. The zero-order valence-corrected chi connectivity index (χ0v) is 14.0. The first-order valence-corrected chi connectivity index (χ1v) is 8.64. The van der Waals surface area contributed by atoms with Crippen LogP contribution in [0.1, 0.15) is 41.2 Å². The van der Waals surface area contributed by atoms with E-state index in [4.69, 9.17) is 0 Å². The predicted octanol–water partition coefficient (Wildman–Crippen LogP) is 3.63. The molecule has 5 nitrogen and oxygen atoms in total. The normalized spacial score (nSPS) is 17.4. The van der Waals surface area contributed by atoms with Crippen molar-refractivity contribution in [1.29, 1.82) is 0 Å². The average Bonchev–Trinajstić information content (AvgIpc) is 3.19. The first-order chi connectivity index (χ1) is 12.3. The third-order valence-corrected chi connectivity index (χ3v) is 4.68. The lowest BCUT2D eigenvalue weighted by Crippen LogP contribution is -2.38. The number of carbonyl (C=O) groups excluding carboxylic acids is 1. The molecule has 1 aliphatic heterocycles. The molecule has 25 heavy (non-hydrogen) atoms. The van der Waals surface area contributed by atoms with Crippen molar-refractivity contribution in [2.75, 3.05) is 6.54 Å². The van der Waals surface area contributed by atoms with Crippen LogP contribution in [0, 0.1) is 0 Å². The van der Waals surface area contributed by atoms with Gasteiger partial charge in [-0.1, -0.05) is 24.3 Å². The summed E-state index contributed by atoms with van der Waals surface area (Å²) in [5.41, 5.74) is 2.68. The SMILES string of the molecule is O=C(c1cnn(-c2ccccc2)c1)N1CCCC[C@H]1c1cccnc1. The summed E-state index contributed by atoms with van der Waals surface area (Å²) in [5, 5.41) is 4.36. The maximum atomic E-state index is 13.1. The third-order valence-electron chi connectivity index (χ3n) is 4.68. The van der Waals surface area contributed by atoms with E-state index in [1.165, 1.54) is 0 Å². The van der Waals surface area contributed by atoms with E-state index in [9.17, 15) is 4.79 Å². The largest absolute Gasteiger partial charge is 0.331 e. The van der Waals surface area contributed by atoms with E-state index in [2.05, 4.69) is 16.1 Å². The number of amides is 1. The molecule has 126 valence electrons. The highest BCUT2D eigenvalue weighted by Crippen LogP contribution is 2.31. The van der Waals surface area contributed by atoms with Crippen molar-refractivity contribution < 1.29 is 4.79 Å². The Bertz CT molecular complexity index is 844. The van der Waals surface area contributed by atoms with E-state index < -0.39 is 0 Å². The molecule has 5 heteroatoms. The Morgan fingerprint density at radius 3 is 2.72 bits per heavy atom. The van der Waals surface area contributed by atoms with Gasteiger partial charge in [0, 0.05) is 25.1 Å². The van der Waals surface area contributed by atoms with Crippen molar-refractivity contribution in [2.45, 2.75) is 25.3 Å². The Labute approximate surface area is 146 Å². The fourth-order valence-electron chi connectivity index (χ4n) is 3.42. The van der Waals surface area contributed by atoms with Crippen molar-refractivity contribution in [3.63, 3.8) is 0 Å². The zero-order chi connectivity index (χ0) is 17.1.